The monoisotopic (exact) mass is 396 g/mol. The normalized spacial score (nSPS) is 10.6. The molecular weight excluding hydrogens is 364 g/mol. The maximum atomic E-state index is 12.3. The largest absolute Gasteiger partial charge is 0.465 e. The van der Waals surface area contributed by atoms with Gasteiger partial charge in [0.05, 0.1) is 17.6 Å². The smallest absolute Gasteiger partial charge is 0.341 e. The summed E-state index contributed by atoms with van der Waals surface area (Å²) in [6.45, 7) is 3.89. The number of carbonyl (C=O) groups is 3. The summed E-state index contributed by atoms with van der Waals surface area (Å²) < 4.78 is 4.83. The Kier molecular flexibility index (Phi) is 10.1. The van der Waals surface area contributed by atoms with E-state index >= 15 is 0 Å². The van der Waals surface area contributed by atoms with Crippen LogP contribution in [0.25, 0.3) is 0 Å². The standard InChI is InChI=1S/C20H32N2O4S/c1-6-7-8-9-10-11-12-13-15(23)21-18-16(20(25)26-5)14(2)17(27-18)19(24)22(3)4/h6-13H2,1-5H3,(H,21,23). The van der Waals surface area contributed by atoms with Gasteiger partial charge >= 0.3 is 5.97 Å². The summed E-state index contributed by atoms with van der Waals surface area (Å²) in [5, 5.41) is 3.19. The fourth-order valence-electron chi connectivity index (χ4n) is 2.79. The Morgan fingerprint density at radius 2 is 1.63 bits per heavy atom. The van der Waals surface area contributed by atoms with Crippen molar-refractivity contribution in [3.05, 3.63) is 16.0 Å². The highest BCUT2D eigenvalue weighted by molar-refractivity contribution is 7.18. The van der Waals surface area contributed by atoms with Gasteiger partial charge in [0.25, 0.3) is 5.91 Å². The first-order valence-electron chi connectivity index (χ1n) is 9.56. The van der Waals surface area contributed by atoms with Crippen molar-refractivity contribution in [3.63, 3.8) is 0 Å². The minimum atomic E-state index is -0.548. The Balaban J connectivity index is 2.72. The summed E-state index contributed by atoms with van der Waals surface area (Å²) >= 11 is 1.12. The summed E-state index contributed by atoms with van der Waals surface area (Å²) in [4.78, 5) is 38.6. The fraction of sp³-hybridized carbons (Fsp3) is 0.650. The fourth-order valence-corrected chi connectivity index (χ4v) is 4.02. The number of thiophene rings is 1. The summed E-state index contributed by atoms with van der Waals surface area (Å²) in [6.07, 6.45) is 8.34. The number of hydrogen-bond acceptors (Lipinski definition) is 5. The van der Waals surface area contributed by atoms with Crippen LogP contribution in [0.15, 0.2) is 0 Å². The lowest BCUT2D eigenvalue weighted by atomic mass is 10.1. The van der Waals surface area contributed by atoms with Crippen LogP contribution in [0.2, 0.25) is 0 Å². The van der Waals surface area contributed by atoms with Crippen LogP contribution < -0.4 is 5.32 Å². The highest BCUT2D eigenvalue weighted by Gasteiger charge is 2.26. The predicted molar refractivity (Wildman–Crippen MR) is 110 cm³/mol. The van der Waals surface area contributed by atoms with Crippen molar-refractivity contribution >= 4 is 34.1 Å². The molecule has 0 spiro atoms. The molecule has 0 fully saturated rings. The molecule has 6 nitrogen and oxygen atoms in total. The average molecular weight is 397 g/mol. The molecule has 0 aliphatic rings. The van der Waals surface area contributed by atoms with E-state index in [9.17, 15) is 14.4 Å². The molecule has 152 valence electrons. The predicted octanol–water partition coefficient (Wildman–Crippen LogP) is 4.62. The van der Waals surface area contributed by atoms with Gasteiger partial charge in [-0.1, -0.05) is 45.4 Å². The summed E-state index contributed by atoms with van der Waals surface area (Å²) in [5.41, 5.74) is 0.803. The molecule has 1 aromatic heterocycles. The Labute approximate surface area is 166 Å². The Bertz CT molecular complexity index is 653. The second-order valence-corrected chi connectivity index (χ2v) is 7.89. The molecule has 0 bridgehead atoms. The second kappa shape index (κ2) is 11.7. The van der Waals surface area contributed by atoms with Crippen molar-refractivity contribution in [3.8, 4) is 0 Å². The van der Waals surface area contributed by atoms with E-state index < -0.39 is 5.97 Å². The van der Waals surface area contributed by atoms with Gasteiger partial charge in [-0.3, -0.25) is 9.59 Å². The molecule has 0 unspecified atom stereocenters. The third kappa shape index (κ3) is 6.97. The van der Waals surface area contributed by atoms with Crippen molar-refractivity contribution in [2.24, 2.45) is 0 Å². The van der Waals surface area contributed by atoms with E-state index in [-0.39, 0.29) is 17.4 Å². The number of carbonyl (C=O) groups excluding carboxylic acids is 3. The van der Waals surface area contributed by atoms with Crippen molar-refractivity contribution in [1.29, 1.82) is 0 Å². The van der Waals surface area contributed by atoms with Gasteiger partial charge in [-0.15, -0.1) is 11.3 Å². The summed E-state index contributed by atoms with van der Waals surface area (Å²) in [6, 6.07) is 0. The van der Waals surface area contributed by atoms with Crippen LogP contribution in [0, 0.1) is 6.92 Å². The number of nitrogens with zero attached hydrogens (tertiary/aromatic N) is 1. The first-order chi connectivity index (χ1) is 12.8. The highest BCUT2D eigenvalue weighted by atomic mass is 32.1. The van der Waals surface area contributed by atoms with E-state index in [0.717, 1.165) is 30.6 Å². The number of nitrogens with one attached hydrogen (secondary N) is 1. The molecule has 0 radical (unpaired) electrons. The number of unbranched alkanes of at least 4 members (excludes halogenated alkanes) is 6. The van der Waals surface area contributed by atoms with Crippen LogP contribution in [-0.2, 0) is 9.53 Å². The molecule has 1 heterocycles. The zero-order chi connectivity index (χ0) is 20.4. The molecule has 1 aromatic rings. The van der Waals surface area contributed by atoms with Gasteiger partial charge in [0.1, 0.15) is 5.00 Å². The van der Waals surface area contributed by atoms with E-state index in [2.05, 4.69) is 12.2 Å². The molecule has 0 atom stereocenters. The number of esters is 1. The number of ether oxygens (including phenoxy) is 1. The van der Waals surface area contributed by atoms with E-state index in [4.69, 9.17) is 4.74 Å². The molecule has 0 saturated heterocycles. The minimum absolute atomic E-state index is 0.140. The molecule has 0 saturated carbocycles. The zero-order valence-electron chi connectivity index (χ0n) is 17.1. The lowest BCUT2D eigenvalue weighted by Crippen LogP contribution is -2.21. The Morgan fingerprint density at radius 3 is 2.19 bits per heavy atom. The molecule has 0 aromatic carbocycles. The van der Waals surface area contributed by atoms with E-state index in [1.165, 1.54) is 37.7 Å². The van der Waals surface area contributed by atoms with Gasteiger partial charge in [0.15, 0.2) is 0 Å². The van der Waals surface area contributed by atoms with Crippen LogP contribution in [-0.4, -0.2) is 43.9 Å². The van der Waals surface area contributed by atoms with Gasteiger partial charge < -0.3 is 15.0 Å². The van der Waals surface area contributed by atoms with Gasteiger partial charge in [-0.25, -0.2) is 4.79 Å². The zero-order valence-corrected chi connectivity index (χ0v) is 18.0. The first-order valence-corrected chi connectivity index (χ1v) is 10.4. The lowest BCUT2D eigenvalue weighted by molar-refractivity contribution is -0.116. The highest BCUT2D eigenvalue weighted by Crippen LogP contribution is 2.34. The Morgan fingerprint density at radius 1 is 1.04 bits per heavy atom. The molecule has 0 aliphatic carbocycles. The summed E-state index contributed by atoms with van der Waals surface area (Å²) in [7, 11) is 4.59. The quantitative estimate of drug-likeness (QED) is 0.437. The van der Waals surface area contributed by atoms with Gasteiger partial charge in [-0.2, -0.15) is 0 Å². The van der Waals surface area contributed by atoms with Crippen LogP contribution >= 0.6 is 11.3 Å². The van der Waals surface area contributed by atoms with E-state index in [0.29, 0.717) is 21.9 Å². The number of amides is 2. The van der Waals surface area contributed by atoms with E-state index in [1.54, 1.807) is 21.0 Å². The third-order valence-electron chi connectivity index (χ3n) is 4.40. The summed E-state index contributed by atoms with van der Waals surface area (Å²) in [5.74, 6) is -0.887. The lowest BCUT2D eigenvalue weighted by Gasteiger charge is -2.08. The van der Waals surface area contributed by atoms with Crippen molar-refractivity contribution in [2.45, 2.75) is 65.2 Å². The maximum absolute atomic E-state index is 12.3. The number of rotatable bonds is 11. The van der Waals surface area contributed by atoms with Crippen LogP contribution in [0.1, 0.15) is 83.9 Å². The number of hydrogen-bond donors (Lipinski definition) is 1. The van der Waals surface area contributed by atoms with Crippen molar-refractivity contribution < 1.29 is 19.1 Å². The molecule has 1 rings (SSSR count). The minimum Gasteiger partial charge on any atom is -0.465 e. The molecular formula is C20H32N2O4S. The van der Waals surface area contributed by atoms with Crippen LogP contribution in [0.5, 0.6) is 0 Å². The third-order valence-corrected chi connectivity index (χ3v) is 5.59. The SMILES string of the molecule is CCCCCCCCCC(=O)Nc1sc(C(=O)N(C)C)c(C)c1C(=O)OC. The Hall–Kier alpha value is -1.89. The average Bonchev–Trinajstić information content (AvgIpc) is 2.95. The molecule has 0 aliphatic heterocycles. The second-order valence-electron chi connectivity index (χ2n) is 6.87. The molecule has 2 amide bonds. The first kappa shape index (κ1) is 23.1. The van der Waals surface area contributed by atoms with E-state index in [1.807, 2.05) is 0 Å². The van der Waals surface area contributed by atoms with Gasteiger partial charge in [-0.05, 0) is 18.9 Å². The molecule has 7 heteroatoms. The van der Waals surface area contributed by atoms with Crippen LogP contribution in [0.3, 0.4) is 0 Å². The van der Waals surface area contributed by atoms with Gasteiger partial charge in [0, 0.05) is 20.5 Å². The maximum Gasteiger partial charge on any atom is 0.341 e. The molecule has 27 heavy (non-hydrogen) atoms. The number of methoxy groups -OCH3 is 1. The topological polar surface area (TPSA) is 75.7 Å². The van der Waals surface area contributed by atoms with Crippen molar-refractivity contribution in [2.75, 3.05) is 26.5 Å². The van der Waals surface area contributed by atoms with Gasteiger partial charge in [0.2, 0.25) is 5.91 Å². The van der Waals surface area contributed by atoms with Crippen LogP contribution in [0.4, 0.5) is 5.00 Å². The number of anilines is 1. The van der Waals surface area contributed by atoms with Crippen molar-refractivity contribution in [1.82, 2.24) is 4.90 Å². The molecule has 1 N–H and O–H groups in total.